The van der Waals surface area contributed by atoms with Gasteiger partial charge in [0.25, 0.3) is 0 Å². The fraction of sp³-hybridized carbons (Fsp3) is 0.917. The highest BCUT2D eigenvalue weighted by Crippen LogP contribution is 2.27. The normalized spacial score (nSPS) is 32.1. The molecule has 0 aliphatic heterocycles. The minimum absolute atomic E-state index is 0.0696. The number of nitrogens with two attached hydrogens (primary N) is 1. The first kappa shape index (κ1) is 13.5. The molecule has 3 N–H and O–H groups in total. The van der Waals surface area contributed by atoms with Crippen molar-refractivity contribution in [3.05, 3.63) is 0 Å². The fourth-order valence-corrected chi connectivity index (χ4v) is 2.07. The number of hydrogen-bond acceptors (Lipinski definition) is 3. The van der Waals surface area contributed by atoms with Crippen LogP contribution >= 0.6 is 0 Å². The molecule has 0 aromatic heterocycles. The molecule has 0 bridgehead atoms. The van der Waals surface area contributed by atoms with E-state index in [0.29, 0.717) is 12.5 Å². The van der Waals surface area contributed by atoms with Gasteiger partial charge in [-0.1, -0.05) is 6.92 Å². The van der Waals surface area contributed by atoms with E-state index in [0.717, 1.165) is 19.3 Å². The van der Waals surface area contributed by atoms with Gasteiger partial charge in [-0.15, -0.1) is 0 Å². The molecule has 0 spiro atoms. The first-order valence-corrected chi connectivity index (χ1v) is 6.10. The Balaban J connectivity index is 2.32. The lowest BCUT2D eigenvalue weighted by Crippen LogP contribution is -2.43. The van der Waals surface area contributed by atoms with Crippen LogP contribution in [-0.4, -0.2) is 31.7 Å². The van der Waals surface area contributed by atoms with Crippen molar-refractivity contribution < 1.29 is 9.53 Å². The molecule has 1 aliphatic carbocycles. The molecule has 1 rings (SSSR count). The topological polar surface area (TPSA) is 64.3 Å². The zero-order valence-electron chi connectivity index (χ0n) is 10.5. The number of amides is 1. The molecule has 4 heteroatoms. The van der Waals surface area contributed by atoms with Crippen molar-refractivity contribution in [2.45, 2.75) is 45.3 Å². The summed E-state index contributed by atoms with van der Waals surface area (Å²) in [6.07, 6.45) is 2.90. The van der Waals surface area contributed by atoms with Gasteiger partial charge in [-0.2, -0.15) is 0 Å². The third-order valence-corrected chi connectivity index (χ3v) is 3.59. The highest BCUT2D eigenvalue weighted by molar-refractivity contribution is 5.78. The molecule has 0 saturated heterocycles. The lowest BCUT2D eigenvalue weighted by molar-refractivity contribution is -0.126. The van der Waals surface area contributed by atoms with Gasteiger partial charge in [0.05, 0.1) is 6.10 Å². The molecule has 1 amide bonds. The van der Waals surface area contributed by atoms with E-state index in [1.807, 2.05) is 6.92 Å². The number of hydrogen-bond donors (Lipinski definition) is 2. The predicted octanol–water partition coefficient (Wildman–Crippen LogP) is 0.901. The number of rotatable bonds is 4. The monoisotopic (exact) mass is 228 g/mol. The van der Waals surface area contributed by atoms with Gasteiger partial charge in [-0.3, -0.25) is 4.79 Å². The molecule has 0 heterocycles. The van der Waals surface area contributed by atoms with Crippen molar-refractivity contribution in [3.63, 3.8) is 0 Å². The standard InChI is InChI=1S/C12H24N2O2/c1-8-4-5-10(6-11(8)13)12(15)14-7-9(2)16-3/h8-11H,4-7,13H2,1-3H3,(H,14,15). The molecule has 4 nitrogen and oxygen atoms in total. The average molecular weight is 228 g/mol. The maximum absolute atomic E-state index is 11.8. The van der Waals surface area contributed by atoms with Crippen LogP contribution in [0.4, 0.5) is 0 Å². The molecule has 94 valence electrons. The van der Waals surface area contributed by atoms with Gasteiger partial charge in [-0.25, -0.2) is 0 Å². The molecule has 1 saturated carbocycles. The van der Waals surface area contributed by atoms with Gasteiger partial charge in [0.1, 0.15) is 0 Å². The molecular formula is C12H24N2O2. The van der Waals surface area contributed by atoms with E-state index in [-0.39, 0.29) is 24.0 Å². The molecule has 16 heavy (non-hydrogen) atoms. The zero-order valence-corrected chi connectivity index (χ0v) is 10.5. The Morgan fingerprint density at radius 2 is 2.25 bits per heavy atom. The van der Waals surface area contributed by atoms with Crippen LogP contribution in [0.25, 0.3) is 0 Å². The van der Waals surface area contributed by atoms with Crippen LogP contribution in [0.1, 0.15) is 33.1 Å². The van der Waals surface area contributed by atoms with E-state index in [4.69, 9.17) is 10.5 Å². The van der Waals surface area contributed by atoms with Crippen LogP contribution in [0.5, 0.6) is 0 Å². The van der Waals surface area contributed by atoms with Crippen molar-refractivity contribution in [1.82, 2.24) is 5.32 Å². The largest absolute Gasteiger partial charge is 0.380 e. The average Bonchev–Trinajstić information content (AvgIpc) is 2.29. The van der Waals surface area contributed by atoms with Gasteiger partial charge in [0.15, 0.2) is 0 Å². The Bertz CT molecular complexity index is 233. The van der Waals surface area contributed by atoms with E-state index >= 15 is 0 Å². The summed E-state index contributed by atoms with van der Waals surface area (Å²) in [4.78, 5) is 11.8. The molecule has 0 radical (unpaired) electrons. The van der Waals surface area contributed by atoms with Gasteiger partial charge < -0.3 is 15.8 Å². The maximum atomic E-state index is 11.8. The van der Waals surface area contributed by atoms with Crippen LogP contribution < -0.4 is 11.1 Å². The van der Waals surface area contributed by atoms with E-state index in [1.54, 1.807) is 7.11 Å². The van der Waals surface area contributed by atoms with Crippen molar-refractivity contribution >= 4 is 5.91 Å². The molecule has 0 aromatic carbocycles. The quantitative estimate of drug-likeness (QED) is 0.751. The van der Waals surface area contributed by atoms with E-state index in [1.165, 1.54) is 0 Å². The van der Waals surface area contributed by atoms with Gasteiger partial charge >= 0.3 is 0 Å². The zero-order chi connectivity index (χ0) is 12.1. The van der Waals surface area contributed by atoms with Crippen molar-refractivity contribution in [1.29, 1.82) is 0 Å². The lowest BCUT2D eigenvalue weighted by atomic mass is 9.79. The number of carbonyl (C=O) groups is 1. The molecule has 1 aliphatic rings. The Morgan fingerprint density at radius 1 is 1.56 bits per heavy atom. The first-order valence-electron chi connectivity index (χ1n) is 6.10. The summed E-state index contributed by atoms with van der Waals surface area (Å²) < 4.78 is 5.09. The fourth-order valence-electron chi connectivity index (χ4n) is 2.07. The predicted molar refractivity (Wildman–Crippen MR) is 64.0 cm³/mol. The molecular weight excluding hydrogens is 204 g/mol. The van der Waals surface area contributed by atoms with Crippen LogP contribution in [0.2, 0.25) is 0 Å². The number of nitrogens with one attached hydrogen (secondary N) is 1. The van der Waals surface area contributed by atoms with E-state index in [2.05, 4.69) is 12.2 Å². The second-order valence-electron chi connectivity index (χ2n) is 4.94. The maximum Gasteiger partial charge on any atom is 0.223 e. The Morgan fingerprint density at radius 3 is 2.81 bits per heavy atom. The van der Waals surface area contributed by atoms with Crippen LogP contribution in [0.15, 0.2) is 0 Å². The number of methoxy groups -OCH3 is 1. The molecule has 0 aromatic rings. The minimum atomic E-state index is 0.0696. The second kappa shape index (κ2) is 6.21. The van der Waals surface area contributed by atoms with Crippen LogP contribution in [-0.2, 0) is 9.53 Å². The highest BCUT2D eigenvalue weighted by Gasteiger charge is 2.29. The summed E-state index contributed by atoms with van der Waals surface area (Å²) in [5.41, 5.74) is 5.98. The Labute approximate surface area is 97.9 Å². The molecule has 4 atom stereocenters. The van der Waals surface area contributed by atoms with Crippen LogP contribution in [0.3, 0.4) is 0 Å². The van der Waals surface area contributed by atoms with Gasteiger partial charge in [0.2, 0.25) is 5.91 Å². The summed E-state index contributed by atoms with van der Waals surface area (Å²) in [6.45, 7) is 4.68. The SMILES string of the molecule is COC(C)CNC(=O)C1CCC(C)C(N)C1. The van der Waals surface area contributed by atoms with E-state index < -0.39 is 0 Å². The summed E-state index contributed by atoms with van der Waals surface area (Å²) >= 11 is 0. The lowest BCUT2D eigenvalue weighted by Gasteiger charge is -2.31. The number of ether oxygens (including phenoxy) is 1. The Kier molecular flexibility index (Phi) is 5.22. The summed E-state index contributed by atoms with van der Waals surface area (Å²) in [5, 5.41) is 2.92. The smallest absolute Gasteiger partial charge is 0.223 e. The first-order chi connectivity index (χ1) is 7.54. The number of carbonyl (C=O) groups excluding carboxylic acids is 1. The summed E-state index contributed by atoms with van der Waals surface area (Å²) in [7, 11) is 1.65. The van der Waals surface area contributed by atoms with Crippen LogP contribution in [0, 0.1) is 11.8 Å². The summed E-state index contributed by atoms with van der Waals surface area (Å²) in [5.74, 6) is 0.767. The van der Waals surface area contributed by atoms with Gasteiger partial charge in [-0.05, 0) is 32.1 Å². The Hall–Kier alpha value is -0.610. The second-order valence-corrected chi connectivity index (χ2v) is 4.94. The third kappa shape index (κ3) is 3.76. The molecule has 4 unspecified atom stereocenters. The van der Waals surface area contributed by atoms with Gasteiger partial charge in [0, 0.05) is 25.6 Å². The van der Waals surface area contributed by atoms with Crippen molar-refractivity contribution in [3.8, 4) is 0 Å². The van der Waals surface area contributed by atoms with E-state index in [9.17, 15) is 4.79 Å². The third-order valence-electron chi connectivity index (χ3n) is 3.59. The minimum Gasteiger partial charge on any atom is -0.380 e. The summed E-state index contributed by atoms with van der Waals surface area (Å²) in [6, 6.07) is 0.171. The molecule has 1 fully saturated rings. The highest BCUT2D eigenvalue weighted by atomic mass is 16.5. The van der Waals surface area contributed by atoms with Crippen molar-refractivity contribution in [2.24, 2.45) is 17.6 Å². The van der Waals surface area contributed by atoms with Crippen molar-refractivity contribution in [2.75, 3.05) is 13.7 Å².